The van der Waals surface area contributed by atoms with Crippen LogP contribution >= 0.6 is 23.1 Å². The fourth-order valence-electron chi connectivity index (χ4n) is 2.86. The maximum absolute atomic E-state index is 12.6. The number of likely N-dealkylation sites (tertiary alicyclic amines) is 1. The van der Waals surface area contributed by atoms with Crippen LogP contribution in [-0.2, 0) is 14.3 Å². The van der Waals surface area contributed by atoms with E-state index < -0.39 is 0 Å². The predicted octanol–water partition coefficient (Wildman–Crippen LogP) is 0.788. The van der Waals surface area contributed by atoms with E-state index in [0.717, 1.165) is 22.2 Å². The van der Waals surface area contributed by atoms with Crippen molar-refractivity contribution in [3.63, 3.8) is 0 Å². The molecule has 0 saturated carbocycles. The second-order valence-corrected chi connectivity index (χ2v) is 7.96. The molecule has 3 rings (SSSR count). The first-order chi connectivity index (χ1) is 11.1. The molecule has 3 heterocycles. The molecule has 0 unspecified atom stereocenters. The molecule has 2 amide bonds. The number of hydrogen-bond acceptors (Lipinski definition) is 7. The number of aryl methyl sites for hydroxylation is 1. The van der Waals surface area contributed by atoms with Crippen LogP contribution in [0.1, 0.15) is 17.8 Å². The predicted molar refractivity (Wildman–Crippen MR) is 87.5 cm³/mol. The Balaban J connectivity index is 1.56. The monoisotopic (exact) mass is 356 g/mol. The lowest BCUT2D eigenvalue weighted by Crippen LogP contribution is -2.51. The van der Waals surface area contributed by atoms with Gasteiger partial charge in [0.2, 0.25) is 11.8 Å². The molecule has 7 nitrogen and oxygen atoms in total. The lowest BCUT2D eigenvalue weighted by atomic mass is 10.2. The molecule has 0 N–H and O–H groups in total. The molecule has 2 fully saturated rings. The summed E-state index contributed by atoms with van der Waals surface area (Å²) in [7, 11) is 0. The van der Waals surface area contributed by atoms with Crippen LogP contribution in [0.3, 0.4) is 0 Å². The summed E-state index contributed by atoms with van der Waals surface area (Å²) in [5.41, 5.74) is 0. The van der Waals surface area contributed by atoms with Crippen LogP contribution in [-0.4, -0.2) is 76.5 Å². The van der Waals surface area contributed by atoms with Crippen LogP contribution in [0.2, 0.25) is 0 Å². The Morgan fingerprint density at radius 3 is 2.78 bits per heavy atom. The minimum Gasteiger partial charge on any atom is -0.378 e. The molecule has 0 aromatic carbocycles. The van der Waals surface area contributed by atoms with Crippen molar-refractivity contribution in [2.24, 2.45) is 0 Å². The summed E-state index contributed by atoms with van der Waals surface area (Å²) >= 11 is 2.88. The molecule has 23 heavy (non-hydrogen) atoms. The van der Waals surface area contributed by atoms with Crippen molar-refractivity contribution < 1.29 is 14.3 Å². The minimum atomic E-state index is -0.308. The normalized spacial score (nSPS) is 21.7. The van der Waals surface area contributed by atoms with Gasteiger partial charge < -0.3 is 14.5 Å². The van der Waals surface area contributed by atoms with Gasteiger partial charge in [-0.15, -0.1) is 10.2 Å². The first-order valence-electron chi connectivity index (χ1n) is 7.74. The summed E-state index contributed by atoms with van der Waals surface area (Å²) in [5.74, 6) is 0.379. The maximum Gasteiger partial charge on any atom is 0.245 e. The largest absolute Gasteiger partial charge is 0.378 e. The molecular weight excluding hydrogens is 336 g/mol. The number of thioether (sulfide) groups is 1. The summed E-state index contributed by atoms with van der Waals surface area (Å²) in [6.07, 6.45) is 1.64. The van der Waals surface area contributed by atoms with Gasteiger partial charge in [0.1, 0.15) is 11.0 Å². The summed E-state index contributed by atoms with van der Waals surface area (Å²) < 4.78 is 6.08. The van der Waals surface area contributed by atoms with Crippen molar-refractivity contribution in [2.75, 3.05) is 38.6 Å². The van der Waals surface area contributed by atoms with Crippen molar-refractivity contribution in [1.29, 1.82) is 0 Å². The van der Waals surface area contributed by atoms with Gasteiger partial charge in [0, 0.05) is 19.6 Å². The Hall–Kier alpha value is -1.19. The second kappa shape index (κ2) is 7.59. The highest BCUT2D eigenvalue weighted by Gasteiger charge is 2.36. The zero-order valence-electron chi connectivity index (χ0n) is 13.1. The molecule has 126 valence electrons. The van der Waals surface area contributed by atoms with Crippen LogP contribution in [0.4, 0.5) is 0 Å². The summed E-state index contributed by atoms with van der Waals surface area (Å²) in [6.45, 7) is 4.96. The van der Waals surface area contributed by atoms with E-state index in [1.807, 2.05) is 11.8 Å². The van der Waals surface area contributed by atoms with Gasteiger partial charge in [-0.2, -0.15) is 0 Å². The van der Waals surface area contributed by atoms with Crippen molar-refractivity contribution in [3.05, 3.63) is 5.01 Å². The number of hydrogen-bond donors (Lipinski definition) is 0. The Bertz CT molecular complexity index is 574. The van der Waals surface area contributed by atoms with E-state index >= 15 is 0 Å². The average molecular weight is 356 g/mol. The molecule has 2 aliphatic rings. The van der Waals surface area contributed by atoms with Crippen LogP contribution in [0.5, 0.6) is 0 Å². The third-order valence-electron chi connectivity index (χ3n) is 4.01. The third-order valence-corrected chi connectivity index (χ3v) is 5.96. The number of nitrogens with zero attached hydrogens (tertiary/aromatic N) is 4. The van der Waals surface area contributed by atoms with E-state index in [9.17, 15) is 9.59 Å². The zero-order valence-corrected chi connectivity index (χ0v) is 14.7. The lowest BCUT2D eigenvalue weighted by Gasteiger charge is -2.32. The SMILES string of the molecule is Cc1nnc(SCC(=O)N2CCC[C@H]2C(=O)N2CCOCC2)s1. The first kappa shape index (κ1) is 16.7. The quantitative estimate of drug-likeness (QED) is 0.743. The molecule has 0 radical (unpaired) electrons. The second-order valence-electron chi connectivity index (χ2n) is 5.56. The van der Waals surface area contributed by atoms with Crippen molar-refractivity contribution in [2.45, 2.75) is 30.1 Å². The number of carbonyl (C=O) groups is 2. The highest BCUT2D eigenvalue weighted by atomic mass is 32.2. The van der Waals surface area contributed by atoms with Gasteiger partial charge in [-0.1, -0.05) is 23.1 Å². The van der Waals surface area contributed by atoms with Gasteiger partial charge in [0.15, 0.2) is 4.34 Å². The molecule has 2 saturated heterocycles. The molecule has 2 aliphatic heterocycles. The molecular formula is C14H20N4O3S2. The van der Waals surface area contributed by atoms with E-state index in [-0.39, 0.29) is 17.9 Å². The number of aromatic nitrogens is 2. The molecule has 1 aromatic heterocycles. The van der Waals surface area contributed by atoms with Crippen molar-refractivity contribution >= 4 is 34.9 Å². The standard InChI is InChI=1S/C14H20N4O3S2/c1-10-15-16-14(23-10)22-9-12(19)18-4-2-3-11(18)13(20)17-5-7-21-8-6-17/h11H,2-9H2,1H3/t11-/m0/s1. The molecule has 9 heteroatoms. The zero-order chi connectivity index (χ0) is 16.2. The Morgan fingerprint density at radius 2 is 2.09 bits per heavy atom. The van der Waals surface area contributed by atoms with Crippen LogP contribution in [0, 0.1) is 6.92 Å². The van der Waals surface area contributed by atoms with Gasteiger partial charge in [0.25, 0.3) is 0 Å². The summed E-state index contributed by atoms with van der Waals surface area (Å²) in [5, 5.41) is 8.85. The molecule has 0 aliphatic carbocycles. The number of carbonyl (C=O) groups excluding carboxylic acids is 2. The highest BCUT2D eigenvalue weighted by molar-refractivity contribution is 8.01. The minimum absolute atomic E-state index is 0.00645. The summed E-state index contributed by atoms with van der Waals surface area (Å²) in [4.78, 5) is 28.7. The highest BCUT2D eigenvalue weighted by Crippen LogP contribution is 2.25. The van der Waals surface area contributed by atoms with E-state index in [1.54, 1.807) is 4.90 Å². The van der Waals surface area contributed by atoms with Crippen LogP contribution in [0.25, 0.3) is 0 Å². The fraction of sp³-hybridized carbons (Fsp3) is 0.714. The molecule has 0 bridgehead atoms. The van der Waals surface area contributed by atoms with Gasteiger partial charge in [-0.25, -0.2) is 0 Å². The number of ether oxygens (including phenoxy) is 1. The first-order valence-corrected chi connectivity index (χ1v) is 9.54. The van der Waals surface area contributed by atoms with Gasteiger partial charge in [-0.05, 0) is 19.8 Å². The van der Waals surface area contributed by atoms with E-state index in [0.29, 0.717) is 38.6 Å². The fourth-order valence-corrected chi connectivity index (χ4v) is 4.56. The molecule has 1 atom stereocenters. The Kier molecular flexibility index (Phi) is 5.50. The van der Waals surface area contributed by atoms with E-state index in [4.69, 9.17) is 4.74 Å². The van der Waals surface area contributed by atoms with Gasteiger partial charge in [-0.3, -0.25) is 9.59 Å². The lowest BCUT2D eigenvalue weighted by molar-refractivity contribution is -0.145. The number of morpholine rings is 1. The maximum atomic E-state index is 12.6. The summed E-state index contributed by atoms with van der Waals surface area (Å²) in [6, 6.07) is -0.308. The van der Waals surface area contributed by atoms with Crippen LogP contribution in [0.15, 0.2) is 4.34 Å². The average Bonchev–Trinajstić information content (AvgIpc) is 3.21. The van der Waals surface area contributed by atoms with E-state index in [2.05, 4.69) is 10.2 Å². The number of rotatable bonds is 4. The van der Waals surface area contributed by atoms with Crippen molar-refractivity contribution in [3.8, 4) is 0 Å². The smallest absolute Gasteiger partial charge is 0.245 e. The van der Waals surface area contributed by atoms with Gasteiger partial charge >= 0.3 is 0 Å². The third kappa shape index (κ3) is 4.02. The Labute approximate surface area is 143 Å². The van der Waals surface area contributed by atoms with Crippen LogP contribution < -0.4 is 0 Å². The molecule has 1 aromatic rings. The van der Waals surface area contributed by atoms with Gasteiger partial charge in [0.05, 0.1) is 19.0 Å². The number of amides is 2. The van der Waals surface area contributed by atoms with Crippen molar-refractivity contribution in [1.82, 2.24) is 20.0 Å². The Morgan fingerprint density at radius 1 is 1.30 bits per heavy atom. The topological polar surface area (TPSA) is 75.6 Å². The molecule has 0 spiro atoms. The van der Waals surface area contributed by atoms with E-state index in [1.165, 1.54) is 23.1 Å².